The fraction of sp³-hybridized carbons (Fsp3) is 0.300. The van der Waals surface area contributed by atoms with E-state index < -0.39 is 0 Å². The number of thiophene rings is 1. The number of carbonyl (C=O) groups excluding carboxylic acids is 1. The second-order valence-corrected chi connectivity index (χ2v) is 6.10. The van der Waals surface area contributed by atoms with Crippen molar-refractivity contribution in [3.63, 3.8) is 0 Å². The lowest BCUT2D eigenvalue weighted by Gasteiger charge is -2.26. The first kappa shape index (κ1) is 10.9. The summed E-state index contributed by atoms with van der Waals surface area (Å²) in [7, 11) is 0. The molecule has 3 rings (SSSR count). The van der Waals surface area contributed by atoms with Crippen LogP contribution in [0, 0.1) is 0 Å². The van der Waals surface area contributed by atoms with Crippen LogP contribution in [0.15, 0.2) is 21.6 Å². The molecule has 0 aliphatic carbocycles. The maximum absolute atomic E-state index is 12.2. The van der Waals surface area contributed by atoms with Crippen molar-refractivity contribution < 1.29 is 4.79 Å². The summed E-state index contributed by atoms with van der Waals surface area (Å²) in [5, 5.41) is 9.71. The van der Waals surface area contributed by atoms with Crippen LogP contribution in [0.1, 0.15) is 16.2 Å². The van der Waals surface area contributed by atoms with Crippen LogP contribution in [0.25, 0.3) is 0 Å². The summed E-state index contributed by atoms with van der Waals surface area (Å²) in [5.41, 5.74) is 0.731. The fourth-order valence-corrected chi connectivity index (χ4v) is 2.97. The van der Waals surface area contributed by atoms with E-state index in [4.69, 9.17) is 0 Å². The number of nitrogens with zero attached hydrogens (tertiary/aromatic N) is 4. The zero-order valence-corrected chi connectivity index (χ0v) is 11.2. The largest absolute Gasteiger partial charge is 0.329 e. The molecular weight excluding hydrogens is 304 g/mol. The van der Waals surface area contributed by atoms with Gasteiger partial charge in [-0.15, -0.1) is 21.5 Å². The normalized spacial score (nSPS) is 14.8. The molecule has 1 amide bonds. The topological polar surface area (TPSA) is 51.0 Å². The highest BCUT2D eigenvalue weighted by atomic mass is 79.9. The molecule has 0 atom stereocenters. The molecule has 0 spiro atoms. The standard InChI is InChI=1S/C10H9BrN4OS/c11-8-3-7(5-17-8)10(16)14-1-2-15-6-12-13-9(15)4-14/h3,5-6H,1-2,4H2. The van der Waals surface area contributed by atoms with E-state index >= 15 is 0 Å². The Labute approximate surface area is 110 Å². The smallest absolute Gasteiger partial charge is 0.255 e. The Bertz CT molecular complexity index is 564. The van der Waals surface area contributed by atoms with Crippen molar-refractivity contribution in [3.05, 3.63) is 32.9 Å². The molecule has 0 saturated carbocycles. The molecule has 3 heterocycles. The number of halogens is 1. The zero-order chi connectivity index (χ0) is 11.8. The van der Waals surface area contributed by atoms with Crippen LogP contribution in [-0.4, -0.2) is 32.1 Å². The highest BCUT2D eigenvalue weighted by Gasteiger charge is 2.23. The number of amides is 1. The Kier molecular flexibility index (Phi) is 2.71. The third-order valence-electron chi connectivity index (χ3n) is 2.74. The van der Waals surface area contributed by atoms with Crippen molar-refractivity contribution >= 4 is 33.2 Å². The molecule has 0 saturated heterocycles. The number of carbonyl (C=O) groups is 1. The molecule has 17 heavy (non-hydrogen) atoms. The molecule has 1 aliphatic rings. The molecule has 7 heteroatoms. The van der Waals surface area contributed by atoms with Crippen LogP contribution in [0.2, 0.25) is 0 Å². The molecule has 0 N–H and O–H groups in total. The van der Waals surface area contributed by atoms with E-state index in [1.165, 1.54) is 11.3 Å². The van der Waals surface area contributed by atoms with Crippen LogP contribution < -0.4 is 0 Å². The zero-order valence-electron chi connectivity index (χ0n) is 8.84. The number of hydrogen-bond donors (Lipinski definition) is 0. The highest BCUT2D eigenvalue weighted by Crippen LogP contribution is 2.22. The second kappa shape index (κ2) is 4.23. The minimum atomic E-state index is 0.0567. The third kappa shape index (κ3) is 2.00. The predicted octanol–water partition coefficient (Wildman–Crippen LogP) is 1.76. The maximum atomic E-state index is 12.2. The van der Waals surface area contributed by atoms with E-state index in [0.29, 0.717) is 13.1 Å². The van der Waals surface area contributed by atoms with Gasteiger partial charge >= 0.3 is 0 Å². The first-order chi connectivity index (χ1) is 8.24. The van der Waals surface area contributed by atoms with Gasteiger partial charge in [0.15, 0.2) is 5.82 Å². The van der Waals surface area contributed by atoms with Gasteiger partial charge in [-0.05, 0) is 22.0 Å². The Hall–Kier alpha value is -1.21. The summed E-state index contributed by atoms with van der Waals surface area (Å²) in [5.74, 6) is 0.903. The average Bonchev–Trinajstić information content (AvgIpc) is 2.95. The van der Waals surface area contributed by atoms with Gasteiger partial charge in [-0.25, -0.2) is 0 Å². The number of fused-ring (bicyclic) bond motifs is 1. The van der Waals surface area contributed by atoms with E-state index in [2.05, 4.69) is 26.1 Å². The summed E-state index contributed by atoms with van der Waals surface area (Å²) in [6.45, 7) is 2.00. The monoisotopic (exact) mass is 312 g/mol. The van der Waals surface area contributed by atoms with Crippen molar-refractivity contribution in [2.75, 3.05) is 6.54 Å². The molecule has 0 aromatic carbocycles. The van der Waals surface area contributed by atoms with Crippen molar-refractivity contribution in [3.8, 4) is 0 Å². The summed E-state index contributed by atoms with van der Waals surface area (Å²) >= 11 is 4.89. The summed E-state index contributed by atoms with van der Waals surface area (Å²) in [6, 6.07) is 1.85. The molecule has 2 aromatic rings. The van der Waals surface area contributed by atoms with Crippen molar-refractivity contribution in [1.82, 2.24) is 19.7 Å². The minimum Gasteiger partial charge on any atom is -0.329 e. The lowest BCUT2D eigenvalue weighted by Crippen LogP contribution is -2.38. The number of hydrogen-bond acceptors (Lipinski definition) is 4. The predicted molar refractivity (Wildman–Crippen MR) is 66.8 cm³/mol. The van der Waals surface area contributed by atoms with E-state index in [-0.39, 0.29) is 5.91 Å². The van der Waals surface area contributed by atoms with Crippen molar-refractivity contribution in [2.45, 2.75) is 13.1 Å². The molecule has 2 aromatic heterocycles. The molecule has 88 valence electrons. The molecule has 0 bridgehead atoms. The fourth-order valence-electron chi connectivity index (χ4n) is 1.84. The van der Waals surface area contributed by atoms with Gasteiger partial charge in [-0.2, -0.15) is 0 Å². The Morgan fingerprint density at radius 1 is 1.47 bits per heavy atom. The summed E-state index contributed by atoms with van der Waals surface area (Å²) < 4.78 is 2.95. The van der Waals surface area contributed by atoms with Gasteiger partial charge in [-0.3, -0.25) is 4.79 Å². The lowest BCUT2D eigenvalue weighted by molar-refractivity contribution is 0.0708. The van der Waals surface area contributed by atoms with Crippen molar-refractivity contribution in [1.29, 1.82) is 0 Å². The molecule has 0 fully saturated rings. The van der Waals surface area contributed by atoms with Crippen molar-refractivity contribution in [2.24, 2.45) is 0 Å². The first-order valence-electron chi connectivity index (χ1n) is 5.14. The van der Waals surface area contributed by atoms with Gasteiger partial charge in [0, 0.05) is 18.5 Å². The maximum Gasteiger partial charge on any atom is 0.255 e. The molecule has 5 nitrogen and oxygen atoms in total. The van der Waals surface area contributed by atoms with Gasteiger partial charge in [0.2, 0.25) is 0 Å². The van der Waals surface area contributed by atoms with E-state index in [0.717, 1.165) is 21.7 Å². The third-order valence-corrected chi connectivity index (χ3v) is 4.24. The van der Waals surface area contributed by atoms with E-state index in [9.17, 15) is 4.79 Å². The SMILES string of the molecule is O=C(c1csc(Br)c1)N1CCn2cnnc2C1. The molecular formula is C10H9BrN4OS. The minimum absolute atomic E-state index is 0.0567. The lowest BCUT2D eigenvalue weighted by atomic mass is 10.2. The van der Waals surface area contributed by atoms with E-state index in [1.54, 1.807) is 11.2 Å². The number of rotatable bonds is 1. The van der Waals surface area contributed by atoms with Gasteiger partial charge in [0.25, 0.3) is 5.91 Å². The van der Waals surface area contributed by atoms with Crippen LogP contribution in [0.5, 0.6) is 0 Å². The molecule has 0 radical (unpaired) electrons. The molecule has 1 aliphatic heterocycles. The Morgan fingerprint density at radius 3 is 3.12 bits per heavy atom. The van der Waals surface area contributed by atoms with Crippen LogP contribution in [0.4, 0.5) is 0 Å². The van der Waals surface area contributed by atoms with Gasteiger partial charge in [0.05, 0.1) is 15.9 Å². The molecule has 0 unspecified atom stereocenters. The summed E-state index contributed by atoms with van der Waals surface area (Å²) in [4.78, 5) is 14.0. The quantitative estimate of drug-likeness (QED) is 0.806. The Balaban J connectivity index is 1.81. The van der Waals surface area contributed by atoms with Crippen LogP contribution >= 0.6 is 27.3 Å². The Morgan fingerprint density at radius 2 is 2.35 bits per heavy atom. The van der Waals surface area contributed by atoms with E-state index in [1.807, 2.05) is 16.0 Å². The van der Waals surface area contributed by atoms with Gasteiger partial charge in [0.1, 0.15) is 6.33 Å². The van der Waals surface area contributed by atoms with Crippen LogP contribution in [0.3, 0.4) is 0 Å². The first-order valence-corrected chi connectivity index (χ1v) is 6.81. The van der Waals surface area contributed by atoms with Gasteiger partial charge in [-0.1, -0.05) is 0 Å². The number of aromatic nitrogens is 3. The van der Waals surface area contributed by atoms with Gasteiger partial charge < -0.3 is 9.47 Å². The second-order valence-electron chi connectivity index (χ2n) is 3.81. The highest BCUT2D eigenvalue weighted by molar-refractivity contribution is 9.11. The average molecular weight is 313 g/mol. The summed E-state index contributed by atoms with van der Waals surface area (Å²) in [6.07, 6.45) is 1.71. The van der Waals surface area contributed by atoms with Crippen LogP contribution in [-0.2, 0) is 13.1 Å².